The number of carbonyl (C=O) groups excluding carboxylic acids is 1. The third kappa shape index (κ3) is 3.72. The van der Waals surface area contributed by atoms with E-state index in [-0.39, 0.29) is 5.91 Å². The molecule has 0 bridgehead atoms. The lowest BCUT2D eigenvalue weighted by molar-refractivity contribution is -0.133. The van der Waals surface area contributed by atoms with Crippen molar-refractivity contribution in [2.45, 2.75) is 55.0 Å². The van der Waals surface area contributed by atoms with E-state index in [2.05, 4.69) is 16.3 Å². The van der Waals surface area contributed by atoms with Gasteiger partial charge in [-0.05, 0) is 31.2 Å². The summed E-state index contributed by atoms with van der Waals surface area (Å²) in [5, 5.41) is 19.6. The minimum Gasteiger partial charge on any atom is -0.410 e. The zero-order valence-electron chi connectivity index (χ0n) is 14.3. The molecule has 0 aliphatic heterocycles. The van der Waals surface area contributed by atoms with Crippen molar-refractivity contribution in [3.8, 4) is 16.8 Å². The molecule has 0 aromatic carbocycles. The van der Waals surface area contributed by atoms with Gasteiger partial charge in [-0.15, -0.1) is 21.5 Å². The molecule has 1 aliphatic carbocycles. The summed E-state index contributed by atoms with van der Waals surface area (Å²) in [6, 6.07) is 6.22. The molecule has 1 fully saturated rings. The molecule has 2 aromatic rings. The molecule has 2 aromatic heterocycles. The predicted molar refractivity (Wildman–Crippen MR) is 97.1 cm³/mol. The second kappa shape index (κ2) is 7.58. The Hall–Kier alpha value is -1.85. The SMILES string of the molecule is C[C@@H](Sc1nnc(-c2cccs2)o1)C(=O)N(C)C1(C#N)CCCCC1. The van der Waals surface area contributed by atoms with E-state index in [0.29, 0.717) is 11.1 Å². The maximum Gasteiger partial charge on any atom is 0.277 e. The van der Waals surface area contributed by atoms with E-state index in [4.69, 9.17) is 4.42 Å². The first-order valence-electron chi connectivity index (χ1n) is 8.29. The lowest BCUT2D eigenvalue weighted by Crippen LogP contribution is -2.52. The van der Waals surface area contributed by atoms with Crippen molar-refractivity contribution in [3.63, 3.8) is 0 Å². The molecule has 0 spiro atoms. The van der Waals surface area contributed by atoms with E-state index in [9.17, 15) is 10.1 Å². The van der Waals surface area contributed by atoms with Crippen LogP contribution in [0.5, 0.6) is 0 Å². The van der Waals surface area contributed by atoms with Gasteiger partial charge in [-0.1, -0.05) is 37.1 Å². The topological polar surface area (TPSA) is 83.0 Å². The van der Waals surface area contributed by atoms with Gasteiger partial charge in [0, 0.05) is 7.05 Å². The van der Waals surface area contributed by atoms with E-state index < -0.39 is 10.8 Å². The fraction of sp³-hybridized carbons (Fsp3) is 0.529. The van der Waals surface area contributed by atoms with Crippen molar-refractivity contribution in [2.24, 2.45) is 0 Å². The van der Waals surface area contributed by atoms with Gasteiger partial charge < -0.3 is 9.32 Å². The number of amides is 1. The van der Waals surface area contributed by atoms with Crippen molar-refractivity contribution in [1.82, 2.24) is 15.1 Å². The van der Waals surface area contributed by atoms with Crippen molar-refractivity contribution < 1.29 is 9.21 Å². The summed E-state index contributed by atoms with van der Waals surface area (Å²) in [5.41, 5.74) is -0.679. The minimum atomic E-state index is -0.679. The Morgan fingerprint density at radius 3 is 2.84 bits per heavy atom. The molecule has 1 amide bonds. The van der Waals surface area contributed by atoms with Crippen LogP contribution in [0.25, 0.3) is 10.8 Å². The largest absolute Gasteiger partial charge is 0.410 e. The number of nitriles is 1. The molecule has 3 rings (SSSR count). The van der Waals surface area contributed by atoms with Crippen LogP contribution in [-0.2, 0) is 4.79 Å². The molecule has 2 heterocycles. The Labute approximate surface area is 155 Å². The van der Waals surface area contributed by atoms with Crippen molar-refractivity contribution in [1.29, 1.82) is 5.26 Å². The highest BCUT2D eigenvalue weighted by molar-refractivity contribution is 8.00. The molecule has 6 nitrogen and oxygen atoms in total. The molecular weight excluding hydrogens is 356 g/mol. The maximum atomic E-state index is 12.8. The molecule has 132 valence electrons. The highest BCUT2D eigenvalue weighted by atomic mass is 32.2. The highest BCUT2D eigenvalue weighted by Gasteiger charge is 2.40. The quantitative estimate of drug-likeness (QED) is 0.735. The first-order chi connectivity index (χ1) is 12.1. The van der Waals surface area contributed by atoms with Crippen LogP contribution >= 0.6 is 23.1 Å². The molecular formula is C17H20N4O2S2. The van der Waals surface area contributed by atoms with Crippen LogP contribution in [0.3, 0.4) is 0 Å². The summed E-state index contributed by atoms with van der Waals surface area (Å²) >= 11 is 2.76. The summed E-state index contributed by atoms with van der Waals surface area (Å²) in [4.78, 5) is 15.3. The normalized spacial score (nSPS) is 17.6. The summed E-state index contributed by atoms with van der Waals surface area (Å²) in [6.45, 7) is 1.81. The van der Waals surface area contributed by atoms with Gasteiger partial charge >= 0.3 is 0 Å². The Kier molecular flexibility index (Phi) is 5.45. The second-order valence-corrected chi connectivity index (χ2v) is 8.45. The van der Waals surface area contributed by atoms with Crippen LogP contribution in [0.15, 0.2) is 27.2 Å². The van der Waals surface area contributed by atoms with Gasteiger partial charge in [0.15, 0.2) is 0 Å². The van der Waals surface area contributed by atoms with E-state index in [1.54, 1.807) is 11.9 Å². The first-order valence-corrected chi connectivity index (χ1v) is 10.0. The fourth-order valence-corrected chi connectivity index (χ4v) is 4.52. The number of hydrogen-bond donors (Lipinski definition) is 0. The number of carbonyl (C=O) groups is 1. The van der Waals surface area contributed by atoms with Crippen LogP contribution in [0, 0.1) is 11.3 Å². The molecule has 0 N–H and O–H groups in total. The molecule has 0 radical (unpaired) electrons. The number of thioether (sulfide) groups is 1. The average molecular weight is 377 g/mol. The van der Waals surface area contributed by atoms with Crippen LogP contribution in [-0.4, -0.2) is 38.8 Å². The minimum absolute atomic E-state index is 0.0793. The zero-order valence-corrected chi connectivity index (χ0v) is 15.9. The van der Waals surface area contributed by atoms with Crippen molar-refractivity contribution in [2.75, 3.05) is 7.05 Å². The summed E-state index contributed by atoms with van der Waals surface area (Å²) in [5.74, 6) is 0.385. The molecule has 0 saturated heterocycles. The number of aromatic nitrogens is 2. The molecule has 0 unspecified atom stereocenters. The smallest absolute Gasteiger partial charge is 0.277 e. The Morgan fingerprint density at radius 2 is 2.20 bits per heavy atom. The maximum absolute atomic E-state index is 12.8. The number of thiophene rings is 1. The standard InChI is InChI=1S/C17H20N4O2S2/c1-12(15(22)21(2)17(11-18)8-4-3-5-9-17)25-16-20-19-14(23-16)13-7-6-10-24-13/h6-7,10,12H,3-5,8-9H2,1-2H3/t12-/m1/s1. The van der Waals surface area contributed by atoms with Crippen molar-refractivity contribution >= 4 is 29.0 Å². The van der Waals surface area contributed by atoms with E-state index >= 15 is 0 Å². The van der Waals surface area contributed by atoms with Crippen LogP contribution in [0.2, 0.25) is 0 Å². The van der Waals surface area contributed by atoms with Gasteiger partial charge in [-0.25, -0.2) is 0 Å². The predicted octanol–water partition coefficient (Wildman–Crippen LogP) is 3.96. The Balaban J connectivity index is 1.67. The van der Waals surface area contributed by atoms with Gasteiger partial charge in [0.25, 0.3) is 11.1 Å². The van der Waals surface area contributed by atoms with Gasteiger partial charge in [0.05, 0.1) is 16.2 Å². The third-order valence-corrected chi connectivity index (χ3v) is 6.40. The van der Waals surface area contributed by atoms with Gasteiger partial charge in [0.2, 0.25) is 5.91 Å². The number of rotatable bonds is 5. The van der Waals surface area contributed by atoms with Gasteiger partial charge in [-0.3, -0.25) is 4.79 Å². The number of nitrogens with zero attached hydrogens (tertiary/aromatic N) is 4. The monoisotopic (exact) mass is 376 g/mol. The van der Waals surface area contributed by atoms with Crippen LogP contribution < -0.4 is 0 Å². The summed E-state index contributed by atoms with van der Waals surface area (Å²) in [7, 11) is 1.73. The lowest BCUT2D eigenvalue weighted by atomic mass is 9.81. The third-order valence-electron chi connectivity index (χ3n) is 4.63. The average Bonchev–Trinajstić information content (AvgIpc) is 3.32. The zero-order chi connectivity index (χ0) is 17.9. The summed E-state index contributed by atoms with van der Waals surface area (Å²) in [6.07, 6.45) is 4.59. The van der Waals surface area contributed by atoms with Crippen LogP contribution in [0.4, 0.5) is 0 Å². The highest BCUT2D eigenvalue weighted by Crippen LogP contribution is 2.35. The molecule has 25 heavy (non-hydrogen) atoms. The molecule has 1 atom stereocenters. The van der Waals surface area contributed by atoms with E-state index in [1.165, 1.54) is 23.1 Å². The molecule has 1 aliphatic rings. The first kappa shape index (κ1) is 18.0. The lowest BCUT2D eigenvalue weighted by Gasteiger charge is -2.39. The van der Waals surface area contributed by atoms with E-state index in [0.717, 1.165) is 37.0 Å². The van der Waals surface area contributed by atoms with Crippen molar-refractivity contribution in [3.05, 3.63) is 17.5 Å². The second-order valence-electron chi connectivity index (χ2n) is 6.21. The Bertz CT molecular complexity index is 760. The van der Waals surface area contributed by atoms with E-state index in [1.807, 2.05) is 24.4 Å². The van der Waals surface area contributed by atoms with Gasteiger partial charge in [0.1, 0.15) is 5.54 Å². The van der Waals surface area contributed by atoms with Crippen LogP contribution in [0.1, 0.15) is 39.0 Å². The fourth-order valence-electron chi connectivity index (χ4n) is 3.10. The Morgan fingerprint density at radius 1 is 1.44 bits per heavy atom. The van der Waals surface area contributed by atoms with Gasteiger partial charge in [-0.2, -0.15) is 5.26 Å². The number of hydrogen-bond acceptors (Lipinski definition) is 7. The molecule has 8 heteroatoms. The summed E-state index contributed by atoms with van der Waals surface area (Å²) < 4.78 is 5.64. The molecule has 1 saturated carbocycles.